The van der Waals surface area contributed by atoms with Crippen molar-refractivity contribution in [2.45, 2.75) is 51.7 Å². The number of rotatable bonds is 5. The average Bonchev–Trinajstić information content (AvgIpc) is 3.14. The van der Waals surface area contributed by atoms with Crippen molar-refractivity contribution in [3.8, 4) is 0 Å². The molecule has 0 aliphatic heterocycles. The molecule has 1 heterocycles. The van der Waals surface area contributed by atoms with Crippen LogP contribution in [0.1, 0.15) is 53.5 Å². The Hall–Kier alpha value is -2.10. The minimum Gasteiger partial charge on any atom is -0.353 e. The van der Waals surface area contributed by atoms with E-state index in [-0.39, 0.29) is 29.9 Å². The first-order chi connectivity index (χ1) is 13.9. The third-order valence-electron chi connectivity index (χ3n) is 5.26. The molecule has 1 aromatic heterocycles. The number of hydrogen-bond donors (Lipinski definition) is 2. The molecular formula is C22H33IN6O. The number of fused-ring (bicyclic) bond motifs is 1. The van der Waals surface area contributed by atoms with E-state index in [0.717, 1.165) is 30.8 Å². The van der Waals surface area contributed by atoms with Gasteiger partial charge in [-0.3, -0.25) is 14.5 Å². The molecule has 1 amide bonds. The number of amides is 1. The van der Waals surface area contributed by atoms with Crippen molar-refractivity contribution in [2.75, 3.05) is 21.1 Å². The standard InChI is InChI=1S/C22H32N6O.HI/c1-15(2)28-14-18-10-11-19(12-20(18)26-28)25-22(23-3)24-13-16-6-8-17(9-7-16)21(29)27(4)5;/h6-9,14-15,19H,10-13H2,1-5H3,(H2,23,24,25);1H. The molecule has 7 nitrogen and oxygen atoms in total. The van der Waals surface area contributed by atoms with Gasteiger partial charge in [-0.2, -0.15) is 5.10 Å². The Morgan fingerprint density at radius 3 is 2.60 bits per heavy atom. The second kappa shape index (κ2) is 10.8. The Morgan fingerprint density at radius 1 is 1.30 bits per heavy atom. The third-order valence-corrected chi connectivity index (χ3v) is 5.26. The Labute approximate surface area is 196 Å². The maximum atomic E-state index is 12.0. The molecule has 1 aliphatic rings. The molecule has 1 aliphatic carbocycles. The van der Waals surface area contributed by atoms with E-state index in [1.54, 1.807) is 26.0 Å². The molecule has 0 fully saturated rings. The van der Waals surface area contributed by atoms with Gasteiger partial charge in [-0.15, -0.1) is 24.0 Å². The number of hydrogen-bond acceptors (Lipinski definition) is 3. The first-order valence-electron chi connectivity index (χ1n) is 10.2. The van der Waals surface area contributed by atoms with Crippen LogP contribution in [0.5, 0.6) is 0 Å². The van der Waals surface area contributed by atoms with Crippen molar-refractivity contribution < 1.29 is 4.79 Å². The second-order valence-corrected chi connectivity index (χ2v) is 8.08. The molecule has 1 unspecified atom stereocenters. The predicted octanol–water partition coefficient (Wildman–Crippen LogP) is 3.01. The summed E-state index contributed by atoms with van der Waals surface area (Å²) in [6, 6.07) is 8.39. The van der Waals surface area contributed by atoms with Gasteiger partial charge in [0, 0.05) is 58.0 Å². The number of aliphatic imine (C=N–C) groups is 1. The minimum absolute atomic E-state index is 0. The number of aromatic nitrogens is 2. The molecule has 1 aromatic carbocycles. The summed E-state index contributed by atoms with van der Waals surface area (Å²) in [5.41, 5.74) is 4.36. The summed E-state index contributed by atoms with van der Waals surface area (Å²) in [6.45, 7) is 4.96. The number of guanidine groups is 1. The Morgan fingerprint density at radius 2 is 2.00 bits per heavy atom. The number of aryl methyl sites for hydroxylation is 1. The molecule has 0 spiro atoms. The van der Waals surface area contributed by atoms with Gasteiger partial charge in [0.2, 0.25) is 0 Å². The topological polar surface area (TPSA) is 74.6 Å². The number of nitrogens with zero attached hydrogens (tertiary/aromatic N) is 4. The van der Waals surface area contributed by atoms with Crippen LogP contribution in [0, 0.1) is 0 Å². The van der Waals surface area contributed by atoms with E-state index in [2.05, 4.69) is 40.4 Å². The SMILES string of the molecule is CN=C(NCc1ccc(C(=O)N(C)C)cc1)NC1CCc2cn(C(C)C)nc2C1.I. The van der Waals surface area contributed by atoms with E-state index in [4.69, 9.17) is 5.10 Å². The Balaban J connectivity index is 0.00000320. The molecule has 0 saturated heterocycles. The molecule has 2 aromatic rings. The van der Waals surface area contributed by atoms with Crippen LogP contribution in [0.2, 0.25) is 0 Å². The minimum atomic E-state index is 0. The lowest BCUT2D eigenvalue weighted by molar-refractivity contribution is 0.0827. The third kappa shape index (κ3) is 5.96. The summed E-state index contributed by atoms with van der Waals surface area (Å²) < 4.78 is 2.06. The highest BCUT2D eigenvalue weighted by atomic mass is 127. The fourth-order valence-corrected chi connectivity index (χ4v) is 3.50. The van der Waals surface area contributed by atoms with E-state index in [0.29, 0.717) is 24.2 Å². The van der Waals surface area contributed by atoms with Gasteiger partial charge in [0.05, 0.1) is 5.69 Å². The van der Waals surface area contributed by atoms with Crippen molar-refractivity contribution in [1.82, 2.24) is 25.3 Å². The van der Waals surface area contributed by atoms with E-state index in [9.17, 15) is 4.79 Å². The summed E-state index contributed by atoms with van der Waals surface area (Å²) >= 11 is 0. The van der Waals surface area contributed by atoms with Gasteiger partial charge in [0.15, 0.2) is 5.96 Å². The van der Waals surface area contributed by atoms with Crippen molar-refractivity contribution >= 4 is 35.8 Å². The lowest BCUT2D eigenvalue weighted by atomic mass is 9.94. The number of nitrogens with one attached hydrogen (secondary N) is 2. The highest BCUT2D eigenvalue weighted by Gasteiger charge is 2.23. The monoisotopic (exact) mass is 524 g/mol. The van der Waals surface area contributed by atoms with Gasteiger partial charge >= 0.3 is 0 Å². The Kier molecular flexibility index (Phi) is 8.69. The maximum absolute atomic E-state index is 12.0. The van der Waals surface area contributed by atoms with Crippen LogP contribution in [0.3, 0.4) is 0 Å². The van der Waals surface area contributed by atoms with E-state index >= 15 is 0 Å². The summed E-state index contributed by atoms with van der Waals surface area (Å²) in [4.78, 5) is 17.9. The average molecular weight is 524 g/mol. The number of carbonyl (C=O) groups excluding carboxylic acids is 1. The predicted molar refractivity (Wildman–Crippen MR) is 132 cm³/mol. The maximum Gasteiger partial charge on any atom is 0.253 e. The molecule has 30 heavy (non-hydrogen) atoms. The highest BCUT2D eigenvalue weighted by Crippen LogP contribution is 2.21. The van der Waals surface area contributed by atoms with Crippen LogP contribution in [-0.2, 0) is 19.4 Å². The lowest BCUT2D eigenvalue weighted by Gasteiger charge is -2.24. The van der Waals surface area contributed by atoms with E-state index < -0.39 is 0 Å². The second-order valence-electron chi connectivity index (χ2n) is 8.08. The quantitative estimate of drug-likeness (QED) is 0.359. The number of carbonyl (C=O) groups is 1. The molecular weight excluding hydrogens is 491 g/mol. The van der Waals surface area contributed by atoms with Gasteiger partial charge in [0.1, 0.15) is 0 Å². The van der Waals surface area contributed by atoms with Crippen molar-refractivity contribution in [3.05, 3.63) is 52.8 Å². The van der Waals surface area contributed by atoms with Gasteiger partial charge in [-0.25, -0.2) is 0 Å². The molecule has 164 valence electrons. The van der Waals surface area contributed by atoms with Gasteiger partial charge in [0.25, 0.3) is 5.91 Å². The summed E-state index contributed by atoms with van der Waals surface area (Å²) in [7, 11) is 5.31. The van der Waals surface area contributed by atoms with Crippen LogP contribution >= 0.6 is 24.0 Å². The van der Waals surface area contributed by atoms with Gasteiger partial charge in [-0.05, 0) is 49.9 Å². The zero-order valence-corrected chi connectivity index (χ0v) is 20.8. The number of benzene rings is 1. The Bertz CT molecular complexity index is 872. The van der Waals surface area contributed by atoms with E-state index in [1.807, 2.05) is 24.3 Å². The summed E-state index contributed by atoms with van der Waals surface area (Å²) in [5.74, 6) is 0.800. The lowest BCUT2D eigenvalue weighted by Crippen LogP contribution is -2.45. The van der Waals surface area contributed by atoms with Crippen LogP contribution < -0.4 is 10.6 Å². The van der Waals surface area contributed by atoms with Crippen molar-refractivity contribution in [1.29, 1.82) is 0 Å². The molecule has 0 bridgehead atoms. The molecule has 3 rings (SSSR count). The zero-order valence-electron chi connectivity index (χ0n) is 18.5. The van der Waals surface area contributed by atoms with E-state index in [1.165, 1.54) is 11.3 Å². The molecule has 8 heteroatoms. The summed E-state index contributed by atoms with van der Waals surface area (Å²) in [5, 5.41) is 11.6. The summed E-state index contributed by atoms with van der Waals surface area (Å²) in [6.07, 6.45) is 5.21. The van der Waals surface area contributed by atoms with Crippen LogP contribution in [0.25, 0.3) is 0 Å². The molecule has 1 atom stereocenters. The highest BCUT2D eigenvalue weighted by molar-refractivity contribution is 14.0. The van der Waals surface area contributed by atoms with Crippen molar-refractivity contribution in [3.63, 3.8) is 0 Å². The smallest absolute Gasteiger partial charge is 0.253 e. The molecule has 0 radical (unpaired) electrons. The largest absolute Gasteiger partial charge is 0.353 e. The fraction of sp³-hybridized carbons (Fsp3) is 0.500. The van der Waals surface area contributed by atoms with Crippen LogP contribution in [-0.4, -0.2) is 53.7 Å². The molecule has 0 saturated carbocycles. The molecule has 2 N–H and O–H groups in total. The van der Waals surface area contributed by atoms with Crippen molar-refractivity contribution in [2.24, 2.45) is 4.99 Å². The fourth-order valence-electron chi connectivity index (χ4n) is 3.50. The van der Waals surface area contributed by atoms with Gasteiger partial charge < -0.3 is 15.5 Å². The van der Waals surface area contributed by atoms with Crippen LogP contribution in [0.15, 0.2) is 35.5 Å². The normalized spacial score (nSPS) is 15.9. The first kappa shape index (κ1) is 24.2. The van der Waals surface area contributed by atoms with Gasteiger partial charge in [-0.1, -0.05) is 12.1 Å². The first-order valence-corrected chi connectivity index (χ1v) is 10.2. The zero-order chi connectivity index (χ0) is 21.0. The van der Waals surface area contributed by atoms with Crippen LogP contribution in [0.4, 0.5) is 0 Å². The number of halogens is 1.